The number of nitrogens with zero attached hydrogens (tertiary/aromatic N) is 1. The van der Waals surface area contributed by atoms with Crippen LogP contribution in [-0.4, -0.2) is 5.16 Å². The second-order valence-corrected chi connectivity index (χ2v) is 6.25. The SMILES string of the molecule is Cc1cc(COc2cc3oc(=O)cc(-c4ccccc4)c3cc2Cl)on1. The minimum atomic E-state index is -0.435. The van der Waals surface area contributed by atoms with E-state index >= 15 is 0 Å². The molecule has 2 aromatic heterocycles. The van der Waals surface area contributed by atoms with E-state index in [0.717, 1.165) is 22.2 Å². The zero-order chi connectivity index (χ0) is 18.1. The van der Waals surface area contributed by atoms with Crippen molar-refractivity contribution in [2.24, 2.45) is 0 Å². The summed E-state index contributed by atoms with van der Waals surface area (Å²) < 4.78 is 16.2. The van der Waals surface area contributed by atoms with Crippen LogP contribution < -0.4 is 10.4 Å². The minimum Gasteiger partial charge on any atom is -0.484 e. The summed E-state index contributed by atoms with van der Waals surface area (Å²) in [6.07, 6.45) is 0. The van der Waals surface area contributed by atoms with Crippen molar-refractivity contribution >= 4 is 22.6 Å². The summed E-state index contributed by atoms with van der Waals surface area (Å²) in [6, 6.07) is 16.2. The zero-order valence-electron chi connectivity index (χ0n) is 13.9. The number of ether oxygens (including phenoxy) is 1. The number of halogens is 1. The molecule has 26 heavy (non-hydrogen) atoms. The van der Waals surface area contributed by atoms with E-state index < -0.39 is 5.63 Å². The van der Waals surface area contributed by atoms with E-state index in [0.29, 0.717) is 22.1 Å². The first-order valence-corrected chi connectivity index (χ1v) is 8.36. The highest BCUT2D eigenvalue weighted by Crippen LogP contribution is 2.35. The summed E-state index contributed by atoms with van der Waals surface area (Å²) in [5.74, 6) is 0.986. The van der Waals surface area contributed by atoms with Crippen molar-refractivity contribution in [1.29, 1.82) is 0 Å². The van der Waals surface area contributed by atoms with Gasteiger partial charge in [-0.05, 0) is 24.1 Å². The van der Waals surface area contributed by atoms with Crippen LogP contribution in [0.25, 0.3) is 22.1 Å². The Morgan fingerprint density at radius 3 is 2.65 bits per heavy atom. The van der Waals surface area contributed by atoms with Gasteiger partial charge in [-0.3, -0.25) is 0 Å². The number of rotatable bonds is 4. The van der Waals surface area contributed by atoms with Crippen molar-refractivity contribution in [3.05, 3.63) is 81.5 Å². The largest absolute Gasteiger partial charge is 0.484 e. The maximum absolute atomic E-state index is 12.0. The third-order valence-electron chi connectivity index (χ3n) is 3.93. The van der Waals surface area contributed by atoms with Gasteiger partial charge in [-0.1, -0.05) is 47.1 Å². The Bertz CT molecular complexity index is 1130. The normalized spacial score (nSPS) is 11.0. The molecule has 0 fully saturated rings. The molecule has 0 saturated carbocycles. The molecule has 0 spiro atoms. The number of aromatic nitrogens is 1. The Kier molecular flexibility index (Phi) is 4.22. The number of fused-ring (bicyclic) bond motifs is 1. The van der Waals surface area contributed by atoms with Crippen LogP contribution >= 0.6 is 11.6 Å². The topological polar surface area (TPSA) is 65.5 Å². The lowest BCUT2D eigenvalue weighted by atomic mass is 10.0. The second-order valence-electron chi connectivity index (χ2n) is 5.85. The van der Waals surface area contributed by atoms with Crippen molar-refractivity contribution in [3.8, 4) is 16.9 Å². The molecule has 0 amide bonds. The summed E-state index contributed by atoms with van der Waals surface area (Å²) in [5.41, 5.74) is 2.41. The molecule has 4 rings (SSSR count). The van der Waals surface area contributed by atoms with Crippen LogP contribution in [-0.2, 0) is 6.61 Å². The van der Waals surface area contributed by atoms with Crippen molar-refractivity contribution < 1.29 is 13.7 Å². The first-order valence-electron chi connectivity index (χ1n) is 7.98. The molecule has 2 heterocycles. The molecule has 0 aliphatic carbocycles. The quantitative estimate of drug-likeness (QED) is 0.475. The number of benzene rings is 2. The van der Waals surface area contributed by atoms with Gasteiger partial charge in [-0.2, -0.15) is 0 Å². The molecule has 0 aliphatic heterocycles. The molecule has 0 radical (unpaired) electrons. The average Bonchev–Trinajstić information content (AvgIpc) is 3.06. The summed E-state index contributed by atoms with van der Waals surface area (Å²) >= 11 is 6.38. The van der Waals surface area contributed by atoms with Crippen molar-refractivity contribution in [2.45, 2.75) is 13.5 Å². The fraction of sp³-hybridized carbons (Fsp3) is 0.100. The molecular formula is C20H14ClNO4. The molecule has 0 aliphatic rings. The Hall–Kier alpha value is -3.05. The lowest BCUT2D eigenvalue weighted by Gasteiger charge is -2.10. The predicted molar refractivity (Wildman–Crippen MR) is 98.5 cm³/mol. The number of hydrogen-bond acceptors (Lipinski definition) is 5. The highest BCUT2D eigenvalue weighted by atomic mass is 35.5. The molecular weight excluding hydrogens is 354 g/mol. The summed E-state index contributed by atoms with van der Waals surface area (Å²) in [4.78, 5) is 12.0. The van der Waals surface area contributed by atoms with Gasteiger partial charge in [0.05, 0.1) is 10.7 Å². The van der Waals surface area contributed by atoms with E-state index in [9.17, 15) is 4.79 Å². The van der Waals surface area contributed by atoms with Crippen LogP contribution in [0, 0.1) is 6.92 Å². The van der Waals surface area contributed by atoms with E-state index in [1.165, 1.54) is 6.07 Å². The minimum absolute atomic E-state index is 0.175. The molecule has 0 N–H and O–H groups in total. The molecule has 4 aromatic rings. The molecule has 0 atom stereocenters. The molecule has 2 aromatic carbocycles. The number of aryl methyl sites for hydroxylation is 1. The van der Waals surface area contributed by atoms with Crippen molar-refractivity contribution in [2.75, 3.05) is 0 Å². The van der Waals surface area contributed by atoms with Gasteiger partial charge in [0.2, 0.25) is 0 Å². The summed E-state index contributed by atoms with van der Waals surface area (Å²) in [6.45, 7) is 2.00. The van der Waals surface area contributed by atoms with Crippen LogP contribution in [0.3, 0.4) is 0 Å². The fourth-order valence-electron chi connectivity index (χ4n) is 2.76. The molecule has 0 unspecified atom stereocenters. The molecule has 130 valence electrons. The number of hydrogen-bond donors (Lipinski definition) is 0. The maximum Gasteiger partial charge on any atom is 0.336 e. The lowest BCUT2D eigenvalue weighted by Crippen LogP contribution is -2.00. The van der Waals surface area contributed by atoms with Crippen LogP contribution in [0.4, 0.5) is 0 Å². The highest BCUT2D eigenvalue weighted by Gasteiger charge is 2.13. The first-order chi connectivity index (χ1) is 12.6. The van der Waals surface area contributed by atoms with E-state index in [-0.39, 0.29) is 6.61 Å². The first kappa shape index (κ1) is 16.4. The molecule has 5 nitrogen and oxygen atoms in total. The van der Waals surface area contributed by atoms with Crippen LogP contribution in [0.5, 0.6) is 5.75 Å². The Balaban J connectivity index is 1.76. The van der Waals surface area contributed by atoms with E-state index in [1.54, 1.807) is 18.2 Å². The van der Waals surface area contributed by atoms with Crippen LogP contribution in [0.2, 0.25) is 5.02 Å². The fourth-order valence-corrected chi connectivity index (χ4v) is 2.98. The lowest BCUT2D eigenvalue weighted by molar-refractivity contribution is 0.249. The van der Waals surface area contributed by atoms with Crippen molar-refractivity contribution in [3.63, 3.8) is 0 Å². The predicted octanol–water partition coefficient (Wildman–Crippen LogP) is 4.99. The standard InChI is InChI=1S/C20H14ClNO4/c1-12-7-14(26-22-12)11-24-19-10-18-16(8-17(19)21)15(9-20(23)25-18)13-5-3-2-4-6-13/h2-10H,11H2,1H3. The molecule has 0 bridgehead atoms. The third-order valence-corrected chi connectivity index (χ3v) is 4.22. The highest BCUT2D eigenvalue weighted by molar-refractivity contribution is 6.33. The summed E-state index contributed by atoms with van der Waals surface area (Å²) in [5, 5.41) is 4.97. The zero-order valence-corrected chi connectivity index (χ0v) is 14.6. The average molecular weight is 368 g/mol. The van der Waals surface area contributed by atoms with Gasteiger partial charge in [-0.15, -0.1) is 0 Å². The van der Waals surface area contributed by atoms with E-state index in [2.05, 4.69) is 5.16 Å². The Morgan fingerprint density at radius 2 is 1.92 bits per heavy atom. The van der Waals surface area contributed by atoms with Gasteiger partial charge in [0.15, 0.2) is 5.76 Å². The Morgan fingerprint density at radius 1 is 1.12 bits per heavy atom. The van der Waals surface area contributed by atoms with Gasteiger partial charge in [0, 0.05) is 23.6 Å². The smallest absolute Gasteiger partial charge is 0.336 e. The van der Waals surface area contributed by atoms with Crippen LogP contribution in [0.1, 0.15) is 11.5 Å². The van der Waals surface area contributed by atoms with E-state index in [4.69, 9.17) is 25.3 Å². The van der Waals surface area contributed by atoms with Gasteiger partial charge < -0.3 is 13.7 Å². The molecule has 0 saturated heterocycles. The van der Waals surface area contributed by atoms with Gasteiger partial charge in [-0.25, -0.2) is 4.79 Å². The van der Waals surface area contributed by atoms with Gasteiger partial charge in [0.1, 0.15) is 17.9 Å². The maximum atomic E-state index is 12.0. The van der Waals surface area contributed by atoms with Crippen molar-refractivity contribution in [1.82, 2.24) is 5.16 Å². The van der Waals surface area contributed by atoms with Gasteiger partial charge in [0.25, 0.3) is 0 Å². The summed E-state index contributed by atoms with van der Waals surface area (Å²) in [7, 11) is 0. The Labute approximate surface area is 153 Å². The molecule has 6 heteroatoms. The third kappa shape index (κ3) is 3.21. The van der Waals surface area contributed by atoms with Gasteiger partial charge >= 0.3 is 5.63 Å². The monoisotopic (exact) mass is 367 g/mol. The van der Waals surface area contributed by atoms with E-state index in [1.807, 2.05) is 37.3 Å². The second kappa shape index (κ2) is 6.69. The van der Waals surface area contributed by atoms with Crippen LogP contribution in [0.15, 0.2) is 68.3 Å².